The molecule has 0 aromatic heterocycles. The zero-order chi connectivity index (χ0) is 13.7. The Hall–Kier alpha value is -0.0800. The van der Waals surface area contributed by atoms with Crippen LogP contribution in [0.25, 0.3) is 0 Å². The molecule has 0 aromatic rings. The summed E-state index contributed by atoms with van der Waals surface area (Å²) < 4.78 is 5.60. The monoisotopic (exact) mass is 396 g/mol. The number of aliphatic imine (C=N–C) groups is 1. The van der Waals surface area contributed by atoms with Crippen LogP contribution in [0.5, 0.6) is 0 Å². The van der Waals surface area contributed by atoms with Gasteiger partial charge >= 0.3 is 0 Å². The van der Waals surface area contributed by atoms with Crippen molar-refractivity contribution in [1.29, 1.82) is 0 Å². The lowest BCUT2D eigenvalue weighted by molar-refractivity contribution is 0.113. The summed E-state index contributed by atoms with van der Waals surface area (Å²) in [6.07, 6.45) is 5.40. The summed E-state index contributed by atoms with van der Waals surface area (Å²) in [6, 6.07) is 1.34. The highest BCUT2D eigenvalue weighted by Gasteiger charge is 2.29. The fourth-order valence-electron chi connectivity index (χ4n) is 2.47. The van der Waals surface area contributed by atoms with E-state index >= 15 is 0 Å². The molecule has 20 heavy (non-hydrogen) atoms. The van der Waals surface area contributed by atoms with E-state index in [1.54, 1.807) is 0 Å². The third-order valence-corrected chi connectivity index (χ3v) is 4.13. The predicted octanol–water partition coefficient (Wildman–Crippen LogP) is 1.43. The minimum absolute atomic E-state index is 0. The summed E-state index contributed by atoms with van der Waals surface area (Å²) in [6.45, 7) is 4.95. The first-order valence-corrected chi connectivity index (χ1v) is 7.48. The third-order valence-electron chi connectivity index (χ3n) is 4.13. The number of guanidine groups is 1. The van der Waals surface area contributed by atoms with E-state index in [2.05, 4.69) is 34.5 Å². The van der Waals surface area contributed by atoms with Gasteiger partial charge in [-0.2, -0.15) is 0 Å². The Kier molecular flexibility index (Phi) is 8.13. The fraction of sp³-hybridized carbons (Fsp3) is 0.929. The number of hydrogen-bond donors (Lipinski definition) is 2. The van der Waals surface area contributed by atoms with Crippen LogP contribution in [-0.2, 0) is 4.74 Å². The molecular weight excluding hydrogens is 367 g/mol. The van der Waals surface area contributed by atoms with Crippen LogP contribution in [0.2, 0.25) is 0 Å². The Morgan fingerprint density at radius 1 is 1.35 bits per heavy atom. The van der Waals surface area contributed by atoms with Crippen molar-refractivity contribution in [2.75, 3.05) is 33.8 Å². The lowest BCUT2D eigenvalue weighted by Crippen LogP contribution is -2.46. The van der Waals surface area contributed by atoms with E-state index in [9.17, 15) is 0 Å². The molecule has 0 radical (unpaired) electrons. The maximum absolute atomic E-state index is 5.60. The van der Waals surface area contributed by atoms with Crippen molar-refractivity contribution in [1.82, 2.24) is 15.5 Å². The number of halogens is 1. The van der Waals surface area contributed by atoms with E-state index in [-0.39, 0.29) is 24.0 Å². The maximum atomic E-state index is 5.60. The molecule has 6 heteroatoms. The zero-order valence-electron chi connectivity index (χ0n) is 12.9. The molecule has 1 heterocycles. The van der Waals surface area contributed by atoms with Gasteiger partial charge in [-0.3, -0.25) is 9.89 Å². The van der Waals surface area contributed by atoms with Crippen molar-refractivity contribution in [3.63, 3.8) is 0 Å². The molecule has 1 aliphatic heterocycles. The maximum Gasteiger partial charge on any atom is 0.191 e. The zero-order valence-corrected chi connectivity index (χ0v) is 15.2. The highest BCUT2D eigenvalue weighted by atomic mass is 127. The second kappa shape index (κ2) is 9.04. The van der Waals surface area contributed by atoms with Gasteiger partial charge in [0.05, 0.1) is 6.10 Å². The van der Waals surface area contributed by atoms with Crippen molar-refractivity contribution < 1.29 is 4.74 Å². The van der Waals surface area contributed by atoms with Crippen molar-refractivity contribution in [3.8, 4) is 0 Å². The van der Waals surface area contributed by atoms with E-state index in [0.29, 0.717) is 12.1 Å². The summed E-state index contributed by atoms with van der Waals surface area (Å²) in [5, 5.41) is 6.74. The van der Waals surface area contributed by atoms with Gasteiger partial charge in [0.15, 0.2) is 5.96 Å². The van der Waals surface area contributed by atoms with Crippen LogP contribution in [-0.4, -0.2) is 62.8 Å². The quantitative estimate of drug-likeness (QED) is 0.405. The van der Waals surface area contributed by atoms with Crippen LogP contribution in [0.15, 0.2) is 4.99 Å². The first-order valence-electron chi connectivity index (χ1n) is 7.48. The summed E-state index contributed by atoms with van der Waals surface area (Å²) in [5.74, 6) is 0.881. The molecule has 1 saturated heterocycles. The molecule has 1 aliphatic carbocycles. The van der Waals surface area contributed by atoms with Gasteiger partial charge in [0.2, 0.25) is 0 Å². The lowest BCUT2D eigenvalue weighted by atomic mass is 10.2. The van der Waals surface area contributed by atoms with Gasteiger partial charge < -0.3 is 15.4 Å². The normalized spacial score (nSPS) is 24.4. The Labute approximate surface area is 139 Å². The molecule has 2 N–H and O–H groups in total. The third kappa shape index (κ3) is 5.73. The second-order valence-corrected chi connectivity index (χ2v) is 5.71. The van der Waals surface area contributed by atoms with Crippen LogP contribution >= 0.6 is 24.0 Å². The molecule has 0 spiro atoms. The van der Waals surface area contributed by atoms with Crippen molar-refractivity contribution in [2.45, 2.75) is 50.8 Å². The van der Waals surface area contributed by atoms with Crippen LogP contribution in [0.1, 0.15) is 32.6 Å². The fourth-order valence-corrected chi connectivity index (χ4v) is 2.47. The average molecular weight is 396 g/mol. The Balaban J connectivity index is 0.00000200. The molecule has 0 amide bonds. The van der Waals surface area contributed by atoms with Crippen LogP contribution in [0.3, 0.4) is 0 Å². The Morgan fingerprint density at radius 2 is 2.10 bits per heavy atom. The van der Waals surface area contributed by atoms with Crippen molar-refractivity contribution >= 4 is 29.9 Å². The first kappa shape index (κ1) is 18.0. The largest absolute Gasteiger partial charge is 0.376 e. The molecular formula is C14H29IN4O. The molecule has 2 fully saturated rings. The van der Waals surface area contributed by atoms with E-state index < -0.39 is 0 Å². The Morgan fingerprint density at radius 3 is 2.65 bits per heavy atom. The molecule has 0 bridgehead atoms. The number of hydrogen-bond acceptors (Lipinski definition) is 3. The average Bonchev–Trinajstić information content (AvgIpc) is 3.15. The highest BCUT2D eigenvalue weighted by Crippen LogP contribution is 2.26. The van der Waals surface area contributed by atoms with Crippen LogP contribution < -0.4 is 10.6 Å². The predicted molar refractivity (Wildman–Crippen MR) is 94.0 cm³/mol. The van der Waals surface area contributed by atoms with Gasteiger partial charge in [0.25, 0.3) is 0 Å². The van der Waals surface area contributed by atoms with Crippen molar-refractivity contribution in [3.05, 3.63) is 0 Å². The SMILES string of the molecule is CN=C(NCC1CCCO1)NCC(C)N(C)C1CC1.I. The van der Waals surface area contributed by atoms with Crippen molar-refractivity contribution in [2.24, 2.45) is 4.99 Å². The van der Waals surface area contributed by atoms with E-state index in [0.717, 1.165) is 38.1 Å². The molecule has 1 saturated carbocycles. The van der Waals surface area contributed by atoms with Gasteiger partial charge in [-0.25, -0.2) is 0 Å². The minimum atomic E-state index is 0. The van der Waals surface area contributed by atoms with E-state index in [1.807, 2.05) is 7.05 Å². The molecule has 2 unspecified atom stereocenters. The van der Waals surface area contributed by atoms with Gasteiger partial charge in [-0.1, -0.05) is 0 Å². The van der Waals surface area contributed by atoms with Crippen LogP contribution in [0, 0.1) is 0 Å². The molecule has 2 aliphatic rings. The molecule has 5 nitrogen and oxygen atoms in total. The smallest absolute Gasteiger partial charge is 0.191 e. The highest BCUT2D eigenvalue weighted by molar-refractivity contribution is 14.0. The number of rotatable bonds is 6. The number of likely N-dealkylation sites (N-methyl/N-ethyl adjacent to an activating group) is 1. The van der Waals surface area contributed by atoms with Gasteiger partial charge in [-0.15, -0.1) is 24.0 Å². The standard InChI is InChI=1S/C14H28N4O.HI/c1-11(18(3)12-6-7-12)9-16-14(15-2)17-10-13-5-4-8-19-13;/h11-13H,4-10H2,1-3H3,(H2,15,16,17);1H. The lowest BCUT2D eigenvalue weighted by Gasteiger charge is -2.25. The van der Waals surface area contributed by atoms with E-state index in [1.165, 1.54) is 19.3 Å². The molecule has 0 aromatic carbocycles. The van der Waals surface area contributed by atoms with Gasteiger partial charge in [0, 0.05) is 38.8 Å². The van der Waals surface area contributed by atoms with E-state index in [4.69, 9.17) is 4.74 Å². The van der Waals surface area contributed by atoms with Crippen LogP contribution in [0.4, 0.5) is 0 Å². The molecule has 2 atom stereocenters. The second-order valence-electron chi connectivity index (χ2n) is 5.71. The number of nitrogens with one attached hydrogen (secondary N) is 2. The summed E-state index contributed by atoms with van der Waals surface area (Å²) in [7, 11) is 4.03. The molecule has 118 valence electrons. The minimum Gasteiger partial charge on any atom is -0.376 e. The summed E-state index contributed by atoms with van der Waals surface area (Å²) >= 11 is 0. The van der Waals surface area contributed by atoms with Gasteiger partial charge in [-0.05, 0) is 39.7 Å². The number of nitrogens with zero attached hydrogens (tertiary/aromatic N) is 2. The summed E-state index contributed by atoms with van der Waals surface area (Å²) in [5.41, 5.74) is 0. The van der Waals surface area contributed by atoms with Gasteiger partial charge in [0.1, 0.15) is 0 Å². The summed E-state index contributed by atoms with van der Waals surface area (Å²) in [4.78, 5) is 6.72. The Bertz CT molecular complexity index is 304. The first-order chi connectivity index (χ1) is 9.20. The topological polar surface area (TPSA) is 48.9 Å². The molecule has 2 rings (SSSR count). The number of ether oxygens (including phenoxy) is 1.